The molecule has 4 aliphatic rings. The number of ether oxygens (including phenoxy) is 1. The number of fused-ring (bicyclic) bond motifs is 13. The first-order valence-corrected chi connectivity index (χ1v) is 11.0. The Hall–Kier alpha value is -2.66. The lowest BCUT2D eigenvalue weighted by Gasteiger charge is -2.33. The minimum atomic E-state index is -0.542. The molecule has 3 unspecified atom stereocenters. The van der Waals surface area contributed by atoms with Gasteiger partial charge in [-0.25, -0.2) is 0 Å². The number of aliphatic hydroxyl groups is 1. The summed E-state index contributed by atoms with van der Waals surface area (Å²) in [5.41, 5.74) is 10.4. The Labute approximate surface area is 174 Å². The highest BCUT2D eigenvalue weighted by Gasteiger charge is 2.55. The molecule has 0 amide bonds. The van der Waals surface area contributed by atoms with E-state index in [1.54, 1.807) is 0 Å². The maximum Gasteiger partial charge on any atom is 0.135 e. The number of rotatable bonds is 1. The number of hydrogen-bond donors (Lipinski definition) is 2. The number of nitrogens with one attached hydrogen (secondary N) is 1. The van der Waals surface area contributed by atoms with E-state index in [4.69, 9.17) is 4.74 Å². The minimum absolute atomic E-state index is 0.0196. The first kappa shape index (κ1) is 16.1. The van der Waals surface area contributed by atoms with Crippen molar-refractivity contribution in [2.45, 2.75) is 43.7 Å². The normalized spacial score (nSPS) is 27.6. The molecule has 0 saturated carbocycles. The van der Waals surface area contributed by atoms with Gasteiger partial charge in [-0.1, -0.05) is 42.5 Å². The molecule has 2 N–H and O–H groups in total. The number of aromatic nitrogens is 1. The second kappa shape index (κ2) is 5.14. The van der Waals surface area contributed by atoms with Crippen LogP contribution in [0.3, 0.4) is 0 Å². The van der Waals surface area contributed by atoms with Gasteiger partial charge in [-0.3, -0.25) is 0 Å². The molecular weight excluding hydrogens is 372 g/mol. The Bertz CT molecular complexity index is 1420. The molecule has 4 aromatic rings. The van der Waals surface area contributed by atoms with Crippen LogP contribution in [0.2, 0.25) is 0 Å². The fraction of sp³-hybridized carbons (Fsp3) is 0.308. The van der Waals surface area contributed by atoms with Crippen molar-refractivity contribution in [1.29, 1.82) is 0 Å². The molecule has 3 aliphatic heterocycles. The van der Waals surface area contributed by atoms with Crippen LogP contribution in [0.4, 0.5) is 0 Å². The molecule has 0 radical (unpaired) electrons. The lowest BCUT2D eigenvalue weighted by atomic mass is 9.77. The Balaban J connectivity index is 1.68. The fourth-order valence-electron chi connectivity index (χ4n) is 7.04. The molecule has 8 rings (SSSR count). The van der Waals surface area contributed by atoms with Crippen LogP contribution in [0.5, 0.6) is 0 Å². The molecule has 1 fully saturated rings. The summed E-state index contributed by atoms with van der Waals surface area (Å²) < 4.78 is 9.28. The van der Waals surface area contributed by atoms with Gasteiger partial charge < -0.3 is 19.7 Å². The topological polar surface area (TPSA) is 46.4 Å². The molecule has 0 spiro atoms. The Morgan fingerprint density at radius 1 is 1.07 bits per heavy atom. The van der Waals surface area contributed by atoms with Crippen LogP contribution in [0, 0.1) is 0 Å². The van der Waals surface area contributed by atoms with Gasteiger partial charge in [-0.05, 0) is 52.3 Å². The fourth-order valence-corrected chi connectivity index (χ4v) is 7.04. The molecule has 1 aromatic heterocycles. The van der Waals surface area contributed by atoms with Crippen LogP contribution < -0.4 is 5.32 Å². The van der Waals surface area contributed by atoms with Gasteiger partial charge in [-0.15, -0.1) is 0 Å². The second-order valence-electron chi connectivity index (χ2n) is 9.31. The number of hydrogen-bond acceptors (Lipinski definition) is 3. The van der Waals surface area contributed by atoms with E-state index < -0.39 is 5.60 Å². The molecule has 1 saturated heterocycles. The van der Waals surface area contributed by atoms with Gasteiger partial charge >= 0.3 is 0 Å². The minimum Gasteiger partial charge on any atom is -0.393 e. The van der Waals surface area contributed by atoms with Crippen molar-refractivity contribution in [3.05, 3.63) is 70.8 Å². The monoisotopic (exact) mass is 394 g/mol. The number of aliphatic hydroxyl groups excluding tert-OH is 1. The third-order valence-electron chi connectivity index (χ3n) is 8.10. The van der Waals surface area contributed by atoms with Crippen LogP contribution in [0.15, 0.2) is 48.5 Å². The molecular formula is C26H22N2O2. The van der Waals surface area contributed by atoms with Crippen LogP contribution in [0.25, 0.3) is 32.9 Å². The molecule has 30 heavy (non-hydrogen) atoms. The number of benzene rings is 3. The Morgan fingerprint density at radius 2 is 1.90 bits per heavy atom. The highest BCUT2D eigenvalue weighted by molar-refractivity contribution is 6.14. The van der Waals surface area contributed by atoms with E-state index in [1.165, 1.54) is 55.2 Å². The van der Waals surface area contributed by atoms with Crippen LogP contribution in [-0.2, 0) is 17.8 Å². The van der Waals surface area contributed by atoms with Gasteiger partial charge in [0.25, 0.3) is 0 Å². The Morgan fingerprint density at radius 3 is 2.83 bits per heavy atom. The largest absolute Gasteiger partial charge is 0.393 e. The summed E-state index contributed by atoms with van der Waals surface area (Å²) >= 11 is 0. The summed E-state index contributed by atoms with van der Waals surface area (Å²) in [6, 6.07) is 17.6. The summed E-state index contributed by atoms with van der Waals surface area (Å²) in [6.07, 6.45) is 1.81. The molecule has 3 atom stereocenters. The van der Waals surface area contributed by atoms with E-state index in [-0.39, 0.29) is 18.8 Å². The predicted octanol–water partition coefficient (Wildman–Crippen LogP) is 4.56. The molecule has 4 heteroatoms. The maximum absolute atomic E-state index is 10.7. The van der Waals surface area contributed by atoms with Crippen molar-refractivity contribution in [2.75, 3.05) is 6.61 Å². The first-order chi connectivity index (χ1) is 14.8. The van der Waals surface area contributed by atoms with E-state index in [0.29, 0.717) is 0 Å². The van der Waals surface area contributed by atoms with Gasteiger partial charge in [0.2, 0.25) is 0 Å². The summed E-state index contributed by atoms with van der Waals surface area (Å²) in [6.45, 7) is 1.88. The van der Waals surface area contributed by atoms with Crippen LogP contribution in [-0.4, -0.2) is 21.9 Å². The van der Waals surface area contributed by atoms with Gasteiger partial charge in [0, 0.05) is 29.8 Å². The van der Waals surface area contributed by atoms with E-state index in [9.17, 15) is 5.11 Å². The molecule has 3 aromatic carbocycles. The van der Waals surface area contributed by atoms with Crippen molar-refractivity contribution in [3.8, 4) is 11.1 Å². The average Bonchev–Trinajstić information content (AvgIpc) is 3.52. The second-order valence-corrected chi connectivity index (χ2v) is 9.31. The standard InChI is InChI=1S/C26H22N2O2/c29-13-26-10-9-20(30-26)28-19-8-4-3-7-16(19)22-18-12-27-11-17(18)21-14-5-1-2-6-15(14)24(26)23(21)25(22)28/h1-8,20,24,27,29H,9-13H2. The molecule has 1 aliphatic carbocycles. The quantitative estimate of drug-likeness (QED) is 0.497. The maximum atomic E-state index is 10.7. The van der Waals surface area contributed by atoms with Crippen LogP contribution in [0.1, 0.15) is 47.2 Å². The first-order valence-electron chi connectivity index (χ1n) is 11.0. The number of nitrogens with zero attached hydrogens (tertiary/aromatic N) is 1. The van der Waals surface area contributed by atoms with E-state index in [1.807, 2.05) is 0 Å². The summed E-state index contributed by atoms with van der Waals surface area (Å²) in [5.74, 6) is 0.0812. The zero-order valence-electron chi connectivity index (χ0n) is 16.6. The van der Waals surface area contributed by atoms with Crippen LogP contribution >= 0.6 is 0 Å². The zero-order chi connectivity index (χ0) is 19.6. The third kappa shape index (κ3) is 1.58. The van der Waals surface area contributed by atoms with Gasteiger partial charge in [0.05, 0.1) is 17.6 Å². The summed E-state index contributed by atoms with van der Waals surface area (Å²) in [5, 5.41) is 17.0. The average molecular weight is 394 g/mol. The smallest absolute Gasteiger partial charge is 0.135 e. The van der Waals surface area contributed by atoms with E-state index in [2.05, 4.69) is 58.4 Å². The predicted molar refractivity (Wildman–Crippen MR) is 116 cm³/mol. The summed E-state index contributed by atoms with van der Waals surface area (Å²) in [7, 11) is 0. The highest BCUT2D eigenvalue weighted by atomic mass is 16.5. The lowest BCUT2D eigenvalue weighted by Crippen LogP contribution is -2.39. The van der Waals surface area contributed by atoms with Crippen molar-refractivity contribution in [2.24, 2.45) is 0 Å². The lowest BCUT2D eigenvalue weighted by molar-refractivity contribution is -0.0998. The molecule has 4 nitrogen and oxygen atoms in total. The molecule has 148 valence electrons. The van der Waals surface area contributed by atoms with E-state index in [0.717, 1.165) is 25.9 Å². The van der Waals surface area contributed by atoms with Gasteiger partial charge in [0.1, 0.15) is 11.8 Å². The van der Waals surface area contributed by atoms with E-state index >= 15 is 0 Å². The Kier molecular flexibility index (Phi) is 2.76. The van der Waals surface area contributed by atoms with Gasteiger partial charge in [0.15, 0.2) is 0 Å². The van der Waals surface area contributed by atoms with Crippen molar-refractivity contribution < 1.29 is 9.84 Å². The number of para-hydroxylation sites is 1. The van der Waals surface area contributed by atoms with Gasteiger partial charge in [-0.2, -0.15) is 0 Å². The van der Waals surface area contributed by atoms with Crippen molar-refractivity contribution in [1.82, 2.24) is 9.88 Å². The van der Waals surface area contributed by atoms with Crippen molar-refractivity contribution >= 4 is 21.8 Å². The zero-order valence-corrected chi connectivity index (χ0v) is 16.6. The highest BCUT2D eigenvalue weighted by Crippen LogP contribution is 2.62. The molecule has 4 heterocycles. The molecule has 2 bridgehead atoms. The van der Waals surface area contributed by atoms with Crippen molar-refractivity contribution in [3.63, 3.8) is 0 Å². The SMILES string of the molecule is OCC12CCC(O1)n1c3ccccc3c3c4c(c5c(c31)C2c1ccccc1-5)CNC4. The third-order valence-corrected chi connectivity index (χ3v) is 8.10. The summed E-state index contributed by atoms with van der Waals surface area (Å²) in [4.78, 5) is 0.